The van der Waals surface area contributed by atoms with Crippen molar-refractivity contribution in [3.05, 3.63) is 70.9 Å². The van der Waals surface area contributed by atoms with Gasteiger partial charge in [0.1, 0.15) is 12.4 Å². The number of anilines is 2. The van der Waals surface area contributed by atoms with E-state index >= 15 is 0 Å². The number of aryl methyl sites for hydroxylation is 2. The zero-order valence-electron chi connectivity index (χ0n) is 24.3. The van der Waals surface area contributed by atoms with E-state index in [2.05, 4.69) is 37.5 Å². The molecule has 0 radical (unpaired) electrons. The van der Waals surface area contributed by atoms with Crippen LogP contribution >= 0.6 is 0 Å². The van der Waals surface area contributed by atoms with Crippen LogP contribution in [0.3, 0.4) is 0 Å². The van der Waals surface area contributed by atoms with Crippen LogP contribution in [0.5, 0.6) is 0 Å². The first kappa shape index (κ1) is 30.4. The lowest BCUT2D eigenvalue weighted by Gasteiger charge is -2.22. The smallest absolute Gasteiger partial charge is 0.338 e. The maximum absolute atomic E-state index is 13.2. The topological polar surface area (TPSA) is 115 Å². The van der Waals surface area contributed by atoms with Gasteiger partial charge in [-0.1, -0.05) is 38.5 Å². The Balaban J connectivity index is 1.79. The van der Waals surface area contributed by atoms with Crippen molar-refractivity contribution in [3.8, 4) is 5.69 Å². The summed E-state index contributed by atoms with van der Waals surface area (Å²) in [6.07, 6.45) is 0. The number of amides is 3. The SMILES string of the molecule is CCOC(=O)c1ccc(NC(=O)N(CCOC)CC(=O)Nc2cc(C(C)(C)C)nn2-c2ccc(C)cc2C)cc1. The second kappa shape index (κ2) is 13.3. The van der Waals surface area contributed by atoms with E-state index in [1.807, 2.05) is 32.0 Å². The zero-order chi connectivity index (χ0) is 29.4. The number of nitrogens with zero attached hydrogens (tertiary/aromatic N) is 3. The Labute approximate surface area is 235 Å². The minimum atomic E-state index is -0.477. The quantitative estimate of drug-likeness (QED) is 0.341. The van der Waals surface area contributed by atoms with Crippen LogP contribution < -0.4 is 10.6 Å². The van der Waals surface area contributed by atoms with E-state index in [9.17, 15) is 14.4 Å². The van der Waals surface area contributed by atoms with Gasteiger partial charge in [0.25, 0.3) is 0 Å². The van der Waals surface area contributed by atoms with Gasteiger partial charge in [0.05, 0.1) is 30.2 Å². The van der Waals surface area contributed by atoms with Gasteiger partial charge in [-0.3, -0.25) is 4.79 Å². The van der Waals surface area contributed by atoms with Crippen LogP contribution in [0, 0.1) is 13.8 Å². The highest BCUT2D eigenvalue weighted by atomic mass is 16.5. The highest BCUT2D eigenvalue weighted by Crippen LogP contribution is 2.28. The van der Waals surface area contributed by atoms with Crippen LogP contribution in [-0.2, 0) is 19.7 Å². The van der Waals surface area contributed by atoms with Gasteiger partial charge in [-0.2, -0.15) is 5.10 Å². The number of rotatable bonds is 10. The van der Waals surface area contributed by atoms with Crippen molar-refractivity contribution >= 4 is 29.4 Å². The molecule has 3 rings (SSSR count). The van der Waals surface area contributed by atoms with Gasteiger partial charge >= 0.3 is 12.0 Å². The van der Waals surface area contributed by atoms with E-state index < -0.39 is 12.0 Å². The van der Waals surface area contributed by atoms with Crippen molar-refractivity contribution in [1.29, 1.82) is 0 Å². The largest absolute Gasteiger partial charge is 0.462 e. The van der Waals surface area contributed by atoms with Gasteiger partial charge in [0.15, 0.2) is 0 Å². The van der Waals surface area contributed by atoms with E-state index in [1.54, 1.807) is 35.9 Å². The maximum Gasteiger partial charge on any atom is 0.338 e. The zero-order valence-corrected chi connectivity index (χ0v) is 24.3. The molecule has 10 nitrogen and oxygen atoms in total. The summed E-state index contributed by atoms with van der Waals surface area (Å²) in [6.45, 7) is 12.4. The second-order valence-corrected chi connectivity index (χ2v) is 10.6. The number of esters is 1. The molecule has 0 fully saturated rings. The average Bonchev–Trinajstić information content (AvgIpc) is 3.31. The summed E-state index contributed by atoms with van der Waals surface area (Å²) in [6, 6.07) is 13.8. The van der Waals surface area contributed by atoms with Crippen molar-refractivity contribution in [1.82, 2.24) is 14.7 Å². The first-order valence-electron chi connectivity index (χ1n) is 13.2. The Morgan fingerprint density at radius 3 is 2.30 bits per heavy atom. The van der Waals surface area contributed by atoms with Gasteiger partial charge < -0.3 is 25.0 Å². The highest BCUT2D eigenvalue weighted by molar-refractivity contribution is 5.97. The molecular formula is C30H39N5O5. The standard InChI is InChI=1S/C30H39N5O5/c1-8-40-28(37)22-10-12-23(13-11-22)31-29(38)34(15-16-39-7)19-27(36)32-26-18-25(30(4,5)6)33-35(26)24-14-9-20(2)17-21(24)3/h9-14,17-18H,8,15-16,19H2,1-7H3,(H,31,38)(H,32,36). The van der Waals surface area contributed by atoms with Gasteiger partial charge in [0, 0.05) is 30.8 Å². The molecule has 1 heterocycles. The molecule has 2 aromatic carbocycles. The fourth-order valence-electron chi connectivity index (χ4n) is 3.98. The molecular weight excluding hydrogens is 510 g/mol. The number of ether oxygens (including phenoxy) is 2. The van der Waals surface area contributed by atoms with Crippen LogP contribution in [0.15, 0.2) is 48.5 Å². The molecule has 3 aromatic rings. The fourth-order valence-corrected chi connectivity index (χ4v) is 3.98. The molecule has 0 bridgehead atoms. The number of hydrogen-bond donors (Lipinski definition) is 2. The monoisotopic (exact) mass is 549 g/mol. The lowest BCUT2D eigenvalue weighted by atomic mass is 9.92. The lowest BCUT2D eigenvalue weighted by Crippen LogP contribution is -2.42. The number of hydrogen-bond acceptors (Lipinski definition) is 6. The normalized spacial score (nSPS) is 11.2. The first-order chi connectivity index (χ1) is 18.9. The van der Waals surface area contributed by atoms with Crippen LogP contribution in [0.2, 0.25) is 0 Å². The summed E-state index contributed by atoms with van der Waals surface area (Å²) in [7, 11) is 1.53. The van der Waals surface area contributed by atoms with Gasteiger partial charge in [-0.25, -0.2) is 14.3 Å². The van der Waals surface area contributed by atoms with E-state index in [0.29, 0.717) is 17.1 Å². The number of aromatic nitrogens is 2. The third-order valence-corrected chi connectivity index (χ3v) is 6.16. The van der Waals surface area contributed by atoms with Crippen molar-refractivity contribution in [2.45, 2.75) is 47.0 Å². The molecule has 0 saturated heterocycles. The van der Waals surface area contributed by atoms with Gasteiger partial charge in [-0.15, -0.1) is 0 Å². The molecule has 0 spiro atoms. The molecule has 0 unspecified atom stereocenters. The van der Waals surface area contributed by atoms with Crippen LogP contribution in [0.1, 0.15) is 54.9 Å². The van der Waals surface area contributed by atoms with E-state index in [-0.39, 0.29) is 37.6 Å². The number of carbonyl (C=O) groups excluding carboxylic acids is 3. The number of benzene rings is 2. The van der Waals surface area contributed by atoms with Crippen molar-refractivity contribution in [3.63, 3.8) is 0 Å². The third-order valence-electron chi connectivity index (χ3n) is 6.16. The molecule has 214 valence electrons. The summed E-state index contributed by atoms with van der Waals surface area (Å²) < 4.78 is 11.9. The molecule has 0 aliphatic rings. The summed E-state index contributed by atoms with van der Waals surface area (Å²) in [5.41, 5.74) is 4.45. The number of nitrogens with one attached hydrogen (secondary N) is 2. The minimum Gasteiger partial charge on any atom is -0.462 e. The van der Waals surface area contributed by atoms with E-state index in [4.69, 9.17) is 14.6 Å². The molecule has 1 aromatic heterocycles. The number of carbonyl (C=O) groups is 3. The van der Waals surface area contributed by atoms with Crippen molar-refractivity contribution < 1.29 is 23.9 Å². The predicted molar refractivity (Wildman–Crippen MR) is 155 cm³/mol. The molecule has 40 heavy (non-hydrogen) atoms. The van der Waals surface area contributed by atoms with Crippen LogP contribution in [0.4, 0.5) is 16.3 Å². The molecule has 2 N–H and O–H groups in total. The Bertz CT molecular complexity index is 1340. The molecule has 0 atom stereocenters. The molecule has 0 saturated carbocycles. The fraction of sp³-hybridized carbons (Fsp3) is 0.400. The van der Waals surface area contributed by atoms with Crippen molar-refractivity contribution in [2.75, 3.05) is 44.0 Å². The second-order valence-electron chi connectivity index (χ2n) is 10.6. The third kappa shape index (κ3) is 7.92. The Morgan fingerprint density at radius 1 is 1.00 bits per heavy atom. The summed E-state index contributed by atoms with van der Waals surface area (Å²) in [5, 5.41) is 10.5. The molecule has 0 aliphatic heterocycles. The molecule has 10 heteroatoms. The van der Waals surface area contributed by atoms with Crippen LogP contribution in [-0.4, -0.2) is 66.0 Å². The van der Waals surface area contributed by atoms with E-state index in [1.165, 1.54) is 12.0 Å². The first-order valence-corrected chi connectivity index (χ1v) is 13.2. The van der Waals surface area contributed by atoms with Gasteiger partial charge in [-0.05, 0) is 56.7 Å². The van der Waals surface area contributed by atoms with Crippen LogP contribution in [0.25, 0.3) is 5.69 Å². The Kier molecular flexibility index (Phi) is 10.1. The summed E-state index contributed by atoms with van der Waals surface area (Å²) in [5.74, 6) is -0.299. The lowest BCUT2D eigenvalue weighted by molar-refractivity contribution is -0.116. The van der Waals surface area contributed by atoms with Gasteiger partial charge in [0.2, 0.25) is 5.91 Å². The van der Waals surface area contributed by atoms with E-state index in [0.717, 1.165) is 22.5 Å². The predicted octanol–water partition coefficient (Wildman–Crippen LogP) is 5.08. The summed E-state index contributed by atoms with van der Waals surface area (Å²) in [4.78, 5) is 39.6. The van der Waals surface area contributed by atoms with Crippen molar-refractivity contribution in [2.24, 2.45) is 0 Å². The highest BCUT2D eigenvalue weighted by Gasteiger charge is 2.24. The Morgan fingerprint density at radius 2 is 1.70 bits per heavy atom. The molecule has 0 aliphatic carbocycles. The molecule has 3 amide bonds. The number of methoxy groups -OCH3 is 1. The average molecular weight is 550 g/mol. The maximum atomic E-state index is 13.2. The number of urea groups is 1. The summed E-state index contributed by atoms with van der Waals surface area (Å²) >= 11 is 0. The Hall–Kier alpha value is -4.18. The minimum absolute atomic E-state index is 0.195.